The molecule has 1 aromatic carbocycles. The number of carbonyl (C=O) groups excluding carboxylic acids is 2. The molecular weight excluding hydrogens is 328 g/mol. The maximum Gasteiger partial charge on any atom is 0.340 e. The summed E-state index contributed by atoms with van der Waals surface area (Å²) in [6.45, 7) is 7.97. The average molecular weight is 354 g/mol. The van der Waals surface area contributed by atoms with E-state index < -0.39 is 12.1 Å². The number of hydrogen-bond acceptors (Lipinski definition) is 3. The highest BCUT2D eigenvalue weighted by Gasteiger charge is 2.29. The van der Waals surface area contributed by atoms with E-state index in [1.807, 2.05) is 51.1 Å². The van der Waals surface area contributed by atoms with Crippen LogP contribution in [0.3, 0.4) is 0 Å². The molecular formula is C21H26N2O3. The number of aryl methyl sites for hydroxylation is 2. The zero-order valence-electron chi connectivity index (χ0n) is 15.8. The third-order valence-corrected chi connectivity index (χ3v) is 4.86. The number of esters is 1. The van der Waals surface area contributed by atoms with Crippen LogP contribution in [0.15, 0.2) is 30.3 Å². The van der Waals surface area contributed by atoms with Gasteiger partial charge in [-0.15, -0.1) is 0 Å². The molecule has 0 aliphatic heterocycles. The van der Waals surface area contributed by atoms with Gasteiger partial charge in [0.25, 0.3) is 5.91 Å². The number of nitrogens with zero attached hydrogens (tertiary/aromatic N) is 1. The lowest BCUT2D eigenvalue weighted by atomic mass is 10.1. The molecule has 26 heavy (non-hydrogen) atoms. The summed E-state index contributed by atoms with van der Waals surface area (Å²) in [6, 6.07) is 10.3. The first kappa shape index (κ1) is 18.2. The van der Waals surface area contributed by atoms with Crippen molar-refractivity contribution < 1.29 is 14.3 Å². The Bertz CT molecular complexity index is 817. The van der Waals surface area contributed by atoms with Crippen LogP contribution in [-0.2, 0) is 16.1 Å². The number of amides is 1. The van der Waals surface area contributed by atoms with Crippen LogP contribution in [0.25, 0.3) is 0 Å². The van der Waals surface area contributed by atoms with Crippen LogP contribution in [0.5, 0.6) is 0 Å². The Kier molecular flexibility index (Phi) is 5.16. The molecule has 1 fully saturated rings. The number of carbonyl (C=O) groups is 2. The number of benzene rings is 1. The Labute approximate surface area is 154 Å². The average Bonchev–Trinajstić information content (AvgIpc) is 3.39. The maximum absolute atomic E-state index is 12.5. The first-order valence-electron chi connectivity index (χ1n) is 9.09. The Morgan fingerprint density at radius 3 is 2.46 bits per heavy atom. The van der Waals surface area contributed by atoms with Crippen molar-refractivity contribution in [2.75, 3.05) is 0 Å². The molecule has 1 heterocycles. The minimum absolute atomic E-state index is 0.296. The predicted octanol–water partition coefficient (Wildman–Crippen LogP) is 3.61. The van der Waals surface area contributed by atoms with Crippen LogP contribution in [0, 0.1) is 20.8 Å². The molecule has 0 saturated heterocycles. The van der Waals surface area contributed by atoms with E-state index in [0.717, 1.165) is 29.8 Å². The summed E-state index contributed by atoms with van der Waals surface area (Å²) < 4.78 is 7.58. The molecule has 138 valence electrons. The number of aromatic nitrogens is 1. The topological polar surface area (TPSA) is 60.3 Å². The SMILES string of the molecule is Cc1ccc(CNC(=O)[C@H](C)OC(=O)c2cc(C)n(C3CC3)c2C)cc1. The van der Waals surface area contributed by atoms with E-state index in [9.17, 15) is 9.59 Å². The summed E-state index contributed by atoms with van der Waals surface area (Å²) in [4.78, 5) is 24.7. The molecule has 0 radical (unpaired) electrons. The Morgan fingerprint density at radius 1 is 1.19 bits per heavy atom. The van der Waals surface area contributed by atoms with E-state index in [1.165, 1.54) is 5.56 Å². The molecule has 0 bridgehead atoms. The molecule has 1 atom stereocenters. The van der Waals surface area contributed by atoms with Crippen LogP contribution >= 0.6 is 0 Å². The predicted molar refractivity (Wildman–Crippen MR) is 100 cm³/mol. The van der Waals surface area contributed by atoms with E-state index in [2.05, 4.69) is 9.88 Å². The maximum atomic E-state index is 12.5. The molecule has 5 heteroatoms. The second-order valence-electron chi connectivity index (χ2n) is 7.14. The fraction of sp³-hybridized carbons (Fsp3) is 0.429. The first-order valence-corrected chi connectivity index (χ1v) is 9.09. The first-order chi connectivity index (χ1) is 12.4. The molecule has 1 aromatic heterocycles. The lowest BCUT2D eigenvalue weighted by Gasteiger charge is -2.14. The number of nitrogens with one attached hydrogen (secondary N) is 1. The highest BCUT2D eigenvalue weighted by atomic mass is 16.5. The van der Waals surface area contributed by atoms with Gasteiger partial charge in [0.2, 0.25) is 0 Å². The van der Waals surface area contributed by atoms with E-state index in [-0.39, 0.29) is 5.91 Å². The molecule has 0 spiro atoms. The van der Waals surface area contributed by atoms with Gasteiger partial charge in [0.15, 0.2) is 6.10 Å². The van der Waals surface area contributed by atoms with Crippen molar-refractivity contribution in [3.8, 4) is 0 Å². The molecule has 3 rings (SSSR count). The third kappa shape index (κ3) is 3.98. The molecule has 1 aliphatic rings. The Balaban J connectivity index is 1.57. The molecule has 1 aliphatic carbocycles. The summed E-state index contributed by atoms with van der Waals surface area (Å²) >= 11 is 0. The number of hydrogen-bond donors (Lipinski definition) is 1. The summed E-state index contributed by atoms with van der Waals surface area (Å²) in [6.07, 6.45) is 1.47. The number of ether oxygens (including phenoxy) is 1. The summed E-state index contributed by atoms with van der Waals surface area (Å²) in [5, 5.41) is 2.81. The second kappa shape index (κ2) is 7.36. The molecule has 1 saturated carbocycles. The highest BCUT2D eigenvalue weighted by molar-refractivity contribution is 5.93. The minimum atomic E-state index is -0.836. The second-order valence-corrected chi connectivity index (χ2v) is 7.14. The third-order valence-electron chi connectivity index (χ3n) is 4.86. The summed E-state index contributed by atoms with van der Waals surface area (Å²) in [7, 11) is 0. The fourth-order valence-electron chi connectivity index (χ4n) is 3.19. The smallest absolute Gasteiger partial charge is 0.340 e. The largest absolute Gasteiger partial charge is 0.449 e. The van der Waals surface area contributed by atoms with Crippen molar-refractivity contribution in [2.45, 2.75) is 59.2 Å². The van der Waals surface area contributed by atoms with E-state index in [0.29, 0.717) is 18.2 Å². The zero-order chi connectivity index (χ0) is 18.8. The lowest BCUT2D eigenvalue weighted by Crippen LogP contribution is -2.35. The normalized spacial score (nSPS) is 14.8. The van der Waals surface area contributed by atoms with Crippen LogP contribution < -0.4 is 5.32 Å². The lowest BCUT2D eigenvalue weighted by molar-refractivity contribution is -0.129. The van der Waals surface area contributed by atoms with Gasteiger partial charge in [-0.25, -0.2) is 4.79 Å². The van der Waals surface area contributed by atoms with Gasteiger partial charge in [0.1, 0.15) is 0 Å². The molecule has 5 nitrogen and oxygen atoms in total. The zero-order valence-corrected chi connectivity index (χ0v) is 15.8. The van der Waals surface area contributed by atoms with Crippen molar-refractivity contribution in [2.24, 2.45) is 0 Å². The standard InChI is InChI=1S/C21H26N2O3/c1-13-5-7-17(8-6-13)12-22-20(24)16(4)26-21(25)19-11-14(2)23(15(19)3)18-9-10-18/h5-8,11,16,18H,9-10,12H2,1-4H3,(H,22,24)/t16-/m0/s1. The molecule has 0 unspecified atom stereocenters. The quantitative estimate of drug-likeness (QED) is 0.806. The highest BCUT2D eigenvalue weighted by Crippen LogP contribution is 2.38. The van der Waals surface area contributed by atoms with Crippen molar-refractivity contribution in [1.82, 2.24) is 9.88 Å². The molecule has 2 aromatic rings. The van der Waals surface area contributed by atoms with Crippen molar-refractivity contribution >= 4 is 11.9 Å². The fourth-order valence-corrected chi connectivity index (χ4v) is 3.19. The van der Waals surface area contributed by atoms with Crippen molar-refractivity contribution in [1.29, 1.82) is 0 Å². The summed E-state index contributed by atoms with van der Waals surface area (Å²) in [5.74, 6) is -0.738. The minimum Gasteiger partial charge on any atom is -0.449 e. The van der Waals surface area contributed by atoms with Gasteiger partial charge < -0.3 is 14.6 Å². The van der Waals surface area contributed by atoms with Gasteiger partial charge >= 0.3 is 5.97 Å². The van der Waals surface area contributed by atoms with Gasteiger partial charge in [0, 0.05) is 24.0 Å². The summed E-state index contributed by atoms with van der Waals surface area (Å²) in [5.41, 5.74) is 4.71. The van der Waals surface area contributed by atoms with Gasteiger partial charge in [0.05, 0.1) is 5.56 Å². The Morgan fingerprint density at radius 2 is 1.85 bits per heavy atom. The van der Waals surface area contributed by atoms with Gasteiger partial charge in [-0.3, -0.25) is 4.79 Å². The van der Waals surface area contributed by atoms with Crippen LogP contribution in [-0.4, -0.2) is 22.5 Å². The van der Waals surface area contributed by atoms with E-state index in [4.69, 9.17) is 4.74 Å². The molecule has 1 amide bonds. The van der Waals surface area contributed by atoms with E-state index in [1.54, 1.807) is 6.92 Å². The van der Waals surface area contributed by atoms with Crippen LogP contribution in [0.2, 0.25) is 0 Å². The number of rotatable bonds is 6. The van der Waals surface area contributed by atoms with Gasteiger partial charge in [-0.1, -0.05) is 29.8 Å². The van der Waals surface area contributed by atoms with E-state index >= 15 is 0 Å². The van der Waals surface area contributed by atoms with Gasteiger partial charge in [-0.2, -0.15) is 0 Å². The van der Waals surface area contributed by atoms with Crippen molar-refractivity contribution in [3.05, 3.63) is 58.4 Å². The van der Waals surface area contributed by atoms with Crippen molar-refractivity contribution in [3.63, 3.8) is 0 Å². The van der Waals surface area contributed by atoms with Crippen LogP contribution in [0.1, 0.15) is 58.7 Å². The van der Waals surface area contributed by atoms with Crippen LogP contribution in [0.4, 0.5) is 0 Å². The molecule has 1 N–H and O–H groups in total. The van der Waals surface area contributed by atoms with Gasteiger partial charge in [-0.05, 0) is 52.2 Å². The monoisotopic (exact) mass is 354 g/mol. The Hall–Kier alpha value is -2.56.